The summed E-state index contributed by atoms with van der Waals surface area (Å²) in [5.41, 5.74) is 1.60. The average molecular weight is 240 g/mol. The van der Waals surface area contributed by atoms with E-state index in [1.54, 1.807) is 6.92 Å². The van der Waals surface area contributed by atoms with Gasteiger partial charge in [0.15, 0.2) is 0 Å². The Labute approximate surface area is 102 Å². The minimum Gasteiger partial charge on any atom is -0.463 e. The first-order valence-electron chi connectivity index (χ1n) is 5.59. The molecule has 0 N–H and O–H groups in total. The highest BCUT2D eigenvalue weighted by Crippen LogP contribution is 2.04. The second kappa shape index (κ2) is 8.56. The Morgan fingerprint density at radius 2 is 1.59 bits per heavy atom. The molecule has 96 valence electrons. The third-order valence-electron chi connectivity index (χ3n) is 2.24. The zero-order valence-corrected chi connectivity index (χ0v) is 10.7. The molecular weight excluding hydrogens is 220 g/mol. The van der Waals surface area contributed by atoms with Crippen LogP contribution >= 0.6 is 0 Å². The highest BCUT2D eigenvalue weighted by Gasteiger charge is 2.06. The summed E-state index contributed by atoms with van der Waals surface area (Å²) in [6.45, 7) is 9.42. The van der Waals surface area contributed by atoms with Crippen LogP contribution in [0.25, 0.3) is 0 Å². The van der Waals surface area contributed by atoms with E-state index in [2.05, 4.69) is 6.58 Å². The smallest absolute Gasteiger partial charge is 0.333 e. The van der Waals surface area contributed by atoms with E-state index in [0.29, 0.717) is 31.6 Å². The maximum Gasteiger partial charge on any atom is 0.333 e. The van der Waals surface area contributed by atoms with E-state index in [1.165, 1.54) is 0 Å². The molecule has 4 heteroatoms. The predicted octanol–water partition coefficient (Wildman–Crippen LogP) is 2.40. The van der Waals surface area contributed by atoms with Crippen molar-refractivity contribution >= 4 is 11.9 Å². The largest absolute Gasteiger partial charge is 0.463 e. The summed E-state index contributed by atoms with van der Waals surface area (Å²) in [4.78, 5) is 22.1. The molecule has 0 heterocycles. The number of carbonyl (C=O) groups excluding carboxylic acids is 2. The molecule has 0 fully saturated rings. The molecule has 0 atom stereocenters. The van der Waals surface area contributed by atoms with E-state index >= 15 is 0 Å². The lowest BCUT2D eigenvalue weighted by Gasteiger charge is -2.06. The van der Waals surface area contributed by atoms with Gasteiger partial charge in [-0.1, -0.05) is 12.2 Å². The molecule has 0 radical (unpaired) electrons. The lowest BCUT2D eigenvalue weighted by atomic mass is 10.2. The lowest BCUT2D eigenvalue weighted by molar-refractivity contribution is -0.140. The first-order valence-corrected chi connectivity index (χ1v) is 5.59. The van der Waals surface area contributed by atoms with Gasteiger partial charge in [0.2, 0.25) is 0 Å². The molecule has 0 spiro atoms. The topological polar surface area (TPSA) is 52.6 Å². The fraction of sp³-hybridized carbons (Fsp3) is 0.538. The van der Waals surface area contributed by atoms with E-state index in [0.717, 1.165) is 11.6 Å². The number of ether oxygens (including phenoxy) is 2. The van der Waals surface area contributed by atoms with E-state index in [-0.39, 0.29) is 5.97 Å². The van der Waals surface area contributed by atoms with Gasteiger partial charge in [-0.25, -0.2) is 9.59 Å². The number of unbranched alkanes of at least 4 members (excludes halogenated alkanes) is 1. The summed E-state index contributed by atoms with van der Waals surface area (Å²) in [7, 11) is 0. The number of allylic oxidation sites excluding steroid dienone is 1. The van der Waals surface area contributed by atoms with Gasteiger partial charge in [0.25, 0.3) is 0 Å². The number of carbonyl (C=O) groups is 2. The fourth-order valence-electron chi connectivity index (χ4n) is 0.913. The lowest BCUT2D eigenvalue weighted by Crippen LogP contribution is -2.09. The number of rotatable bonds is 7. The Morgan fingerprint density at radius 1 is 1.06 bits per heavy atom. The Balaban J connectivity index is 3.59. The van der Waals surface area contributed by atoms with Crippen LogP contribution in [-0.4, -0.2) is 25.2 Å². The maximum absolute atomic E-state index is 11.4. The Bertz CT molecular complexity index is 311. The Morgan fingerprint density at radius 3 is 2.06 bits per heavy atom. The number of hydrogen-bond donors (Lipinski definition) is 0. The highest BCUT2D eigenvalue weighted by molar-refractivity contribution is 5.88. The maximum atomic E-state index is 11.4. The van der Waals surface area contributed by atoms with Crippen molar-refractivity contribution in [1.29, 1.82) is 0 Å². The van der Waals surface area contributed by atoms with Crippen molar-refractivity contribution in [1.82, 2.24) is 0 Å². The van der Waals surface area contributed by atoms with Crippen molar-refractivity contribution < 1.29 is 19.1 Å². The fourth-order valence-corrected chi connectivity index (χ4v) is 0.913. The second-order valence-electron chi connectivity index (χ2n) is 3.84. The van der Waals surface area contributed by atoms with Gasteiger partial charge in [-0.3, -0.25) is 0 Å². The SMILES string of the molecule is C=CC(=O)OCCCCOC(=O)C(C)=C(C)C. The summed E-state index contributed by atoms with van der Waals surface area (Å²) in [6.07, 6.45) is 2.46. The van der Waals surface area contributed by atoms with Crippen LogP contribution in [0.1, 0.15) is 33.6 Å². The zero-order chi connectivity index (χ0) is 13.3. The van der Waals surface area contributed by atoms with Crippen molar-refractivity contribution in [3.05, 3.63) is 23.8 Å². The van der Waals surface area contributed by atoms with Crippen LogP contribution in [0.5, 0.6) is 0 Å². The number of hydrogen-bond acceptors (Lipinski definition) is 4. The van der Waals surface area contributed by atoms with Crippen LogP contribution in [0, 0.1) is 0 Å². The van der Waals surface area contributed by atoms with Crippen molar-refractivity contribution in [3.63, 3.8) is 0 Å². The Kier molecular flexibility index (Phi) is 7.76. The van der Waals surface area contributed by atoms with Crippen molar-refractivity contribution in [3.8, 4) is 0 Å². The van der Waals surface area contributed by atoms with E-state index < -0.39 is 5.97 Å². The van der Waals surface area contributed by atoms with Crippen molar-refractivity contribution in [2.45, 2.75) is 33.6 Å². The van der Waals surface area contributed by atoms with E-state index in [1.807, 2.05) is 13.8 Å². The van der Waals surface area contributed by atoms with Gasteiger partial charge in [0, 0.05) is 11.6 Å². The molecular formula is C13H20O4. The van der Waals surface area contributed by atoms with Crippen LogP contribution in [0.2, 0.25) is 0 Å². The Hall–Kier alpha value is -1.58. The van der Waals surface area contributed by atoms with Crippen LogP contribution in [0.3, 0.4) is 0 Å². The molecule has 0 aromatic heterocycles. The average Bonchev–Trinajstić information content (AvgIpc) is 2.31. The van der Waals surface area contributed by atoms with Crippen LogP contribution in [0.4, 0.5) is 0 Å². The molecule has 0 aliphatic heterocycles. The molecule has 0 aliphatic carbocycles. The van der Waals surface area contributed by atoms with Gasteiger partial charge in [0.05, 0.1) is 13.2 Å². The molecule has 4 nitrogen and oxygen atoms in total. The quantitative estimate of drug-likeness (QED) is 0.389. The minimum absolute atomic E-state index is 0.284. The summed E-state index contributed by atoms with van der Waals surface area (Å²) in [6, 6.07) is 0. The van der Waals surface area contributed by atoms with Gasteiger partial charge in [-0.2, -0.15) is 0 Å². The third kappa shape index (κ3) is 7.33. The molecule has 0 aromatic carbocycles. The van der Waals surface area contributed by atoms with E-state index in [4.69, 9.17) is 9.47 Å². The molecule has 0 saturated carbocycles. The first kappa shape index (κ1) is 15.4. The summed E-state index contributed by atoms with van der Waals surface area (Å²) >= 11 is 0. The molecule has 0 rings (SSSR count). The monoisotopic (exact) mass is 240 g/mol. The van der Waals surface area contributed by atoms with Gasteiger partial charge < -0.3 is 9.47 Å². The third-order valence-corrected chi connectivity index (χ3v) is 2.24. The van der Waals surface area contributed by atoms with Crippen LogP contribution < -0.4 is 0 Å². The summed E-state index contributed by atoms with van der Waals surface area (Å²) in [5, 5.41) is 0. The molecule has 0 unspecified atom stereocenters. The zero-order valence-electron chi connectivity index (χ0n) is 10.7. The van der Waals surface area contributed by atoms with Gasteiger partial charge in [0.1, 0.15) is 0 Å². The van der Waals surface area contributed by atoms with E-state index in [9.17, 15) is 9.59 Å². The van der Waals surface area contributed by atoms with Gasteiger partial charge >= 0.3 is 11.9 Å². The number of esters is 2. The molecule has 0 bridgehead atoms. The summed E-state index contributed by atoms with van der Waals surface area (Å²) < 4.78 is 9.82. The molecule has 17 heavy (non-hydrogen) atoms. The highest BCUT2D eigenvalue weighted by atomic mass is 16.5. The molecule has 0 aromatic rings. The van der Waals surface area contributed by atoms with Crippen LogP contribution in [0.15, 0.2) is 23.8 Å². The van der Waals surface area contributed by atoms with Gasteiger partial charge in [-0.15, -0.1) is 0 Å². The van der Waals surface area contributed by atoms with Gasteiger partial charge in [-0.05, 0) is 33.6 Å². The predicted molar refractivity (Wildman–Crippen MR) is 65.4 cm³/mol. The second-order valence-corrected chi connectivity index (χ2v) is 3.84. The first-order chi connectivity index (χ1) is 7.99. The van der Waals surface area contributed by atoms with Crippen LogP contribution in [-0.2, 0) is 19.1 Å². The van der Waals surface area contributed by atoms with Crippen molar-refractivity contribution in [2.75, 3.05) is 13.2 Å². The minimum atomic E-state index is -0.428. The molecule has 0 aliphatic rings. The summed E-state index contributed by atoms with van der Waals surface area (Å²) in [5.74, 6) is -0.713. The molecule has 0 amide bonds. The normalized spacial score (nSPS) is 9.35. The standard InChI is InChI=1S/C13H20O4/c1-5-12(14)16-8-6-7-9-17-13(15)11(4)10(2)3/h5H,1,6-9H2,2-4H3. The van der Waals surface area contributed by atoms with Crippen molar-refractivity contribution in [2.24, 2.45) is 0 Å². The molecule has 0 saturated heterocycles.